The molecule has 162 valence electrons. The number of carboxylic acids is 1. The van der Waals surface area contributed by atoms with Crippen LogP contribution in [0.25, 0.3) is 22.6 Å². The molecule has 10 heteroatoms. The Bertz CT molecular complexity index is 1370. The van der Waals surface area contributed by atoms with E-state index >= 15 is 0 Å². The summed E-state index contributed by atoms with van der Waals surface area (Å²) in [5.41, 5.74) is 1.68. The number of rotatable bonds is 6. The Hall–Kier alpha value is -3.49. The summed E-state index contributed by atoms with van der Waals surface area (Å²) < 4.78 is 3.43. The van der Waals surface area contributed by atoms with Gasteiger partial charge in [0, 0.05) is 42.5 Å². The van der Waals surface area contributed by atoms with Gasteiger partial charge in [0.15, 0.2) is 5.43 Å². The molecule has 0 radical (unpaired) electrons. The zero-order valence-corrected chi connectivity index (χ0v) is 18.4. The third-order valence-electron chi connectivity index (χ3n) is 4.91. The van der Waals surface area contributed by atoms with Crippen molar-refractivity contribution in [1.82, 2.24) is 24.3 Å². The Balaban J connectivity index is 1.84. The third kappa shape index (κ3) is 4.15. The fourth-order valence-corrected chi connectivity index (χ4v) is 3.82. The predicted octanol–water partition coefficient (Wildman–Crippen LogP) is 4.24. The number of benzene rings is 1. The van der Waals surface area contributed by atoms with Gasteiger partial charge >= 0.3 is 5.97 Å². The number of aromatic carboxylic acids is 1. The maximum absolute atomic E-state index is 12.8. The molecule has 0 unspecified atom stereocenters. The number of nitrogens with zero attached hydrogens (tertiary/aromatic N) is 5. The first kappa shape index (κ1) is 21.7. The molecule has 0 saturated carbocycles. The number of carboxylic acid groups (broad SMARTS) is 1. The highest BCUT2D eigenvalue weighted by molar-refractivity contribution is 6.42. The van der Waals surface area contributed by atoms with Crippen LogP contribution in [0.2, 0.25) is 10.0 Å². The molecule has 3 heterocycles. The van der Waals surface area contributed by atoms with E-state index in [1.165, 1.54) is 6.07 Å². The molecule has 0 atom stereocenters. The molecule has 0 aliphatic heterocycles. The molecule has 0 fully saturated rings. The summed E-state index contributed by atoms with van der Waals surface area (Å²) in [5, 5.41) is 14.9. The van der Waals surface area contributed by atoms with Crippen LogP contribution in [0.4, 0.5) is 0 Å². The molecule has 0 spiro atoms. The Morgan fingerprint density at radius 1 is 1.09 bits per heavy atom. The van der Waals surface area contributed by atoms with E-state index in [0.29, 0.717) is 34.2 Å². The lowest BCUT2D eigenvalue weighted by atomic mass is 10.0. The summed E-state index contributed by atoms with van der Waals surface area (Å²) in [4.78, 5) is 33.1. The minimum Gasteiger partial charge on any atom is -0.477 e. The van der Waals surface area contributed by atoms with Gasteiger partial charge in [-0.3, -0.25) is 19.4 Å². The van der Waals surface area contributed by atoms with E-state index < -0.39 is 11.4 Å². The first-order valence-electron chi connectivity index (χ1n) is 9.64. The second-order valence-corrected chi connectivity index (χ2v) is 7.71. The van der Waals surface area contributed by atoms with Crippen LogP contribution in [-0.2, 0) is 13.1 Å². The van der Waals surface area contributed by atoms with Gasteiger partial charge in [0.25, 0.3) is 0 Å². The zero-order valence-electron chi connectivity index (χ0n) is 16.9. The van der Waals surface area contributed by atoms with E-state index in [2.05, 4.69) is 15.1 Å². The average molecular weight is 470 g/mol. The van der Waals surface area contributed by atoms with E-state index in [4.69, 9.17) is 23.2 Å². The molecule has 3 aromatic heterocycles. The summed E-state index contributed by atoms with van der Waals surface area (Å²) in [6.07, 6.45) is 6.53. The maximum atomic E-state index is 12.8. The van der Waals surface area contributed by atoms with Crippen molar-refractivity contribution < 1.29 is 9.90 Å². The molecule has 4 rings (SSSR count). The van der Waals surface area contributed by atoms with E-state index in [1.807, 2.05) is 6.92 Å². The molecule has 0 saturated heterocycles. The minimum absolute atomic E-state index is 0.248. The summed E-state index contributed by atoms with van der Waals surface area (Å²) >= 11 is 12.2. The summed E-state index contributed by atoms with van der Waals surface area (Å²) in [6, 6.07) is 7.90. The van der Waals surface area contributed by atoms with Crippen molar-refractivity contribution >= 4 is 29.2 Å². The number of halogens is 2. The monoisotopic (exact) mass is 469 g/mol. The van der Waals surface area contributed by atoms with Gasteiger partial charge in [-0.1, -0.05) is 29.3 Å². The van der Waals surface area contributed by atoms with Gasteiger partial charge in [-0.25, -0.2) is 4.79 Å². The van der Waals surface area contributed by atoms with Gasteiger partial charge in [-0.05, 0) is 25.1 Å². The summed E-state index contributed by atoms with van der Waals surface area (Å²) in [5.74, 6) is -1.31. The van der Waals surface area contributed by atoms with Gasteiger partial charge in [0.2, 0.25) is 0 Å². The second-order valence-electron chi connectivity index (χ2n) is 6.89. The fraction of sp³-hybridized carbons (Fsp3) is 0.136. The molecular formula is C22H17Cl2N5O3. The smallest absolute Gasteiger partial charge is 0.341 e. The molecule has 4 aromatic rings. The first-order valence-corrected chi connectivity index (χ1v) is 10.4. The molecule has 1 N–H and O–H groups in total. The number of carbonyl (C=O) groups is 1. The Labute approximate surface area is 192 Å². The van der Waals surface area contributed by atoms with Crippen molar-refractivity contribution in [2.75, 3.05) is 0 Å². The van der Waals surface area contributed by atoms with E-state index in [9.17, 15) is 14.7 Å². The lowest BCUT2D eigenvalue weighted by Crippen LogP contribution is -2.24. The van der Waals surface area contributed by atoms with E-state index in [1.54, 1.807) is 58.3 Å². The van der Waals surface area contributed by atoms with Crippen molar-refractivity contribution in [2.45, 2.75) is 20.0 Å². The number of hydrogen-bond donors (Lipinski definition) is 1. The Morgan fingerprint density at radius 2 is 1.91 bits per heavy atom. The minimum atomic E-state index is -1.31. The van der Waals surface area contributed by atoms with Crippen LogP contribution in [0.1, 0.15) is 23.0 Å². The van der Waals surface area contributed by atoms with E-state index in [-0.39, 0.29) is 22.8 Å². The lowest BCUT2D eigenvalue weighted by molar-refractivity contribution is 0.0695. The normalized spacial score (nSPS) is 11.0. The van der Waals surface area contributed by atoms with Gasteiger partial charge in [0.1, 0.15) is 17.0 Å². The van der Waals surface area contributed by atoms with Crippen molar-refractivity contribution in [3.8, 4) is 22.6 Å². The van der Waals surface area contributed by atoms with Crippen LogP contribution in [0, 0.1) is 0 Å². The largest absolute Gasteiger partial charge is 0.477 e. The number of pyridine rings is 1. The molecule has 0 aliphatic rings. The highest BCUT2D eigenvalue weighted by Gasteiger charge is 2.22. The molecule has 0 bridgehead atoms. The van der Waals surface area contributed by atoms with Crippen LogP contribution >= 0.6 is 23.2 Å². The zero-order chi connectivity index (χ0) is 22.8. The molecule has 0 amide bonds. The maximum Gasteiger partial charge on any atom is 0.341 e. The predicted molar refractivity (Wildman–Crippen MR) is 121 cm³/mol. The summed E-state index contributed by atoms with van der Waals surface area (Å²) in [7, 11) is 0. The van der Waals surface area contributed by atoms with E-state index in [0.717, 1.165) is 0 Å². The highest BCUT2D eigenvalue weighted by Crippen LogP contribution is 2.30. The molecule has 0 aliphatic carbocycles. The van der Waals surface area contributed by atoms with Gasteiger partial charge in [-0.2, -0.15) is 5.10 Å². The van der Waals surface area contributed by atoms with Crippen LogP contribution in [0.15, 0.2) is 59.9 Å². The molecular weight excluding hydrogens is 453 g/mol. The summed E-state index contributed by atoms with van der Waals surface area (Å²) in [6.45, 7) is 2.54. The van der Waals surface area contributed by atoms with Crippen molar-refractivity contribution in [2.24, 2.45) is 0 Å². The van der Waals surface area contributed by atoms with Crippen LogP contribution in [0.5, 0.6) is 0 Å². The van der Waals surface area contributed by atoms with Crippen LogP contribution in [0.3, 0.4) is 0 Å². The SMILES string of the molecule is CCn1c(Cn2ccc(-c3cnccn3)n2)cc(=O)c(C(=O)O)c1-c1ccc(Cl)c(Cl)c1. The van der Waals surface area contributed by atoms with Gasteiger partial charge < -0.3 is 9.67 Å². The topological polar surface area (TPSA) is 103 Å². The lowest BCUT2D eigenvalue weighted by Gasteiger charge is -2.20. The van der Waals surface area contributed by atoms with Crippen molar-refractivity contribution in [3.05, 3.63) is 86.6 Å². The highest BCUT2D eigenvalue weighted by atomic mass is 35.5. The molecule has 1 aromatic carbocycles. The molecule has 32 heavy (non-hydrogen) atoms. The van der Waals surface area contributed by atoms with Gasteiger partial charge in [0.05, 0.1) is 28.5 Å². The average Bonchev–Trinajstić information content (AvgIpc) is 3.24. The Morgan fingerprint density at radius 3 is 2.56 bits per heavy atom. The van der Waals surface area contributed by atoms with Crippen LogP contribution in [-0.4, -0.2) is 35.4 Å². The number of hydrogen-bond acceptors (Lipinski definition) is 5. The second kappa shape index (κ2) is 8.94. The van der Waals surface area contributed by atoms with Crippen molar-refractivity contribution in [1.29, 1.82) is 0 Å². The fourth-order valence-electron chi connectivity index (χ4n) is 3.52. The standard InChI is InChI=1S/C22H17Cl2N5O3/c1-2-29-14(12-28-8-5-17(27-28)18-11-25-6-7-26-18)10-19(30)20(22(31)32)21(29)13-3-4-15(23)16(24)9-13/h3-11H,2,12H2,1H3,(H,31,32). The number of aromatic nitrogens is 5. The first-order chi connectivity index (χ1) is 15.4. The Kier molecular flexibility index (Phi) is 6.07. The molecule has 8 nitrogen and oxygen atoms in total. The quantitative estimate of drug-likeness (QED) is 0.452. The van der Waals surface area contributed by atoms with Crippen LogP contribution < -0.4 is 5.43 Å². The third-order valence-corrected chi connectivity index (χ3v) is 5.65. The van der Waals surface area contributed by atoms with Crippen molar-refractivity contribution in [3.63, 3.8) is 0 Å². The van der Waals surface area contributed by atoms with Gasteiger partial charge in [-0.15, -0.1) is 0 Å².